The molecule has 4 nitrogen and oxygen atoms in total. The Balaban J connectivity index is 2.10. The van der Waals surface area contributed by atoms with Crippen LogP contribution in [0.4, 0.5) is 0 Å². The summed E-state index contributed by atoms with van der Waals surface area (Å²) in [5, 5.41) is 5.94. The lowest BCUT2D eigenvalue weighted by molar-refractivity contribution is -0.119. The first-order valence-electron chi connectivity index (χ1n) is 6.35. The highest BCUT2D eigenvalue weighted by Crippen LogP contribution is 2.31. The Labute approximate surface area is 108 Å². The average Bonchev–Trinajstić information content (AvgIpc) is 2.43. The molecule has 1 aromatic carbocycles. The van der Waals surface area contributed by atoms with Crippen molar-refractivity contribution < 1.29 is 9.53 Å². The zero-order valence-electron chi connectivity index (χ0n) is 11.0. The molecule has 0 aliphatic heterocycles. The van der Waals surface area contributed by atoms with Crippen LogP contribution in [-0.2, 0) is 11.2 Å². The van der Waals surface area contributed by atoms with Gasteiger partial charge in [0.15, 0.2) is 0 Å². The minimum atomic E-state index is 0.0237. The summed E-state index contributed by atoms with van der Waals surface area (Å²) in [5.74, 6) is 0.927. The van der Waals surface area contributed by atoms with E-state index in [1.54, 1.807) is 14.2 Å². The third-order valence-corrected chi connectivity index (χ3v) is 3.45. The SMILES string of the molecule is CNC(=O)CNC1CCCc2cc(OC)ccc21. The fraction of sp³-hybridized carbons (Fsp3) is 0.500. The first kappa shape index (κ1) is 12.9. The van der Waals surface area contributed by atoms with Gasteiger partial charge in [0.1, 0.15) is 5.75 Å². The quantitative estimate of drug-likeness (QED) is 0.847. The number of benzene rings is 1. The van der Waals surface area contributed by atoms with Gasteiger partial charge in [-0.3, -0.25) is 4.79 Å². The molecule has 0 heterocycles. The number of aryl methyl sites for hydroxylation is 1. The van der Waals surface area contributed by atoms with Crippen molar-refractivity contribution in [2.24, 2.45) is 0 Å². The van der Waals surface area contributed by atoms with Gasteiger partial charge in [-0.15, -0.1) is 0 Å². The molecule has 18 heavy (non-hydrogen) atoms. The second-order valence-corrected chi connectivity index (χ2v) is 4.56. The van der Waals surface area contributed by atoms with Crippen molar-refractivity contribution in [3.63, 3.8) is 0 Å². The number of nitrogens with one attached hydrogen (secondary N) is 2. The van der Waals surface area contributed by atoms with E-state index in [9.17, 15) is 4.79 Å². The molecule has 0 spiro atoms. The molecule has 0 radical (unpaired) electrons. The number of ether oxygens (including phenoxy) is 1. The number of likely N-dealkylation sites (N-methyl/N-ethyl adjacent to an activating group) is 1. The van der Waals surface area contributed by atoms with Gasteiger partial charge in [0.05, 0.1) is 13.7 Å². The summed E-state index contributed by atoms with van der Waals surface area (Å²) in [6.45, 7) is 0.368. The van der Waals surface area contributed by atoms with E-state index in [2.05, 4.69) is 22.8 Å². The number of methoxy groups -OCH3 is 1. The van der Waals surface area contributed by atoms with E-state index >= 15 is 0 Å². The van der Waals surface area contributed by atoms with E-state index < -0.39 is 0 Å². The molecule has 2 rings (SSSR count). The fourth-order valence-corrected chi connectivity index (χ4v) is 2.43. The van der Waals surface area contributed by atoms with Crippen LogP contribution in [-0.4, -0.2) is 26.6 Å². The second-order valence-electron chi connectivity index (χ2n) is 4.56. The van der Waals surface area contributed by atoms with Crippen LogP contribution in [0.15, 0.2) is 18.2 Å². The highest BCUT2D eigenvalue weighted by atomic mass is 16.5. The van der Waals surface area contributed by atoms with Crippen LogP contribution in [0.1, 0.15) is 30.0 Å². The number of hydrogen-bond donors (Lipinski definition) is 2. The van der Waals surface area contributed by atoms with Crippen LogP contribution in [0.5, 0.6) is 5.75 Å². The van der Waals surface area contributed by atoms with E-state index in [0.717, 1.165) is 25.0 Å². The van der Waals surface area contributed by atoms with Crippen molar-refractivity contribution in [2.75, 3.05) is 20.7 Å². The Morgan fingerprint density at radius 1 is 1.50 bits per heavy atom. The van der Waals surface area contributed by atoms with Crippen molar-refractivity contribution >= 4 is 5.91 Å². The van der Waals surface area contributed by atoms with Gasteiger partial charge in [-0.2, -0.15) is 0 Å². The summed E-state index contributed by atoms with van der Waals surface area (Å²) >= 11 is 0. The third kappa shape index (κ3) is 2.82. The van der Waals surface area contributed by atoms with Crippen LogP contribution in [0.25, 0.3) is 0 Å². The normalized spacial score (nSPS) is 18.0. The minimum absolute atomic E-state index is 0.0237. The van der Waals surface area contributed by atoms with Gasteiger partial charge in [-0.25, -0.2) is 0 Å². The van der Waals surface area contributed by atoms with Crippen LogP contribution in [0.3, 0.4) is 0 Å². The van der Waals surface area contributed by atoms with E-state index in [-0.39, 0.29) is 11.9 Å². The molecule has 0 fully saturated rings. The maximum absolute atomic E-state index is 11.3. The molecule has 1 aliphatic carbocycles. The van der Waals surface area contributed by atoms with Crippen molar-refractivity contribution in [1.82, 2.24) is 10.6 Å². The highest BCUT2D eigenvalue weighted by Gasteiger charge is 2.20. The Kier molecular flexibility index (Phi) is 4.20. The fourth-order valence-electron chi connectivity index (χ4n) is 2.43. The van der Waals surface area contributed by atoms with Crippen molar-refractivity contribution in [2.45, 2.75) is 25.3 Å². The number of hydrogen-bond acceptors (Lipinski definition) is 3. The molecule has 0 saturated carbocycles. The second kappa shape index (κ2) is 5.87. The standard InChI is InChI=1S/C14H20N2O2/c1-15-14(17)9-16-13-5-3-4-10-8-11(18-2)6-7-12(10)13/h6-8,13,16H,3-5,9H2,1-2H3,(H,15,17). The predicted octanol–water partition coefficient (Wildman–Crippen LogP) is 1.41. The maximum atomic E-state index is 11.3. The lowest BCUT2D eigenvalue weighted by Crippen LogP contribution is -2.35. The summed E-state index contributed by atoms with van der Waals surface area (Å²) < 4.78 is 5.25. The van der Waals surface area contributed by atoms with E-state index in [1.807, 2.05) is 6.07 Å². The molecular weight excluding hydrogens is 228 g/mol. The topological polar surface area (TPSA) is 50.4 Å². The number of fused-ring (bicyclic) bond motifs is 1. The largest absolute Gasteiger partial charge is 0.497 e. The Morgan fingerprint density at radius 2 is 2.33 bits per heavy atom. The van der Waals surface area contributed by atoms with Gasteiger partial charge in [-0.05, 0) is 42.5 Å². The van der Waals surface area contributed by atoms with Crippen LogP contribution >= 0.6 is 0 Å². The van der Waals surface area contributed by atoms with Crippen molar-refractivity contribution in [3.05, 3.63) is 29.3 Å². The lowest BCUT2D eigenvalue weighted by atomic mass is 9.87. The molecule has 0 aromatic heterocycles. The molecule has 1 unspecified atom stereocenters. The van der Waals surface area contributed by atoms with Crippen molar-refractivity contribution in [3.8, 4) is 5.75 Å². The van der Waals surface area contributed by atoms with E-state index in [4.69, 9.17) is 4.74 Å². The van der Waals surface area contributed by atoms with Gasteiger partial charge in [-0.1, -0.05) is 6.07 Å². The molecule has 2 N–H and O–H groups in total. The zero-order valence-corrected chi connectivity index (χ0v) is 11.0. The highest BCUT2D eigenvalue weighted by molar-refractivity contribution is 5.77. The number of carbonyl (C=O) groups is 1. The summed E-state index contributed by atoms with van der Waals surface area (Å²) in [6, 6.07) is 6.47. The molecule has 1 amide bonds. The van der Waals surface area contributed by atoms with Crippen LogP contribution in [0, 0.1) is 0 Å². The van der Waals surface area contributed by atoms with E-state index in [0.29, 0.717) is 6.54 Å². The first-order valence-corrected chi connectivity index (χ1v) is 6.35. The third-order valence-electron chi connectivity index (χ3n) is 3.45. The first-order chi connectivity index (χ1) is 8.74. The lowest BCUT2D eigenvalue weighted by Gasteiger charge is -2.26. The maximum Gasteiger partial charge on any atom is 0.233 e. The van der Waals surface area contributed by atoms with Crippen molar-refractivity contribution in [1.29, 1.82) is 0 Å². The smallest absolute Gasteiger partial charge is 0.233 e. The number of amides is 1. The van der Waals surface area contributed by atoms with Gasteiger partial charge < -0.3 is 15.4 Å². The minimum Gasteiger partial charge on any atom is -0.497 e. The molecular formula is C14H20N2O2. The van der Waals surface area contributed by atoms with Gasteiger partial charge >= 0.3 is 0 Å². The summed E-state index contributed by atoms with van der Waals surface area (Å²) in [7, 11) is 3.34. The molecule has 98 valence electrons. The Bertz CT molecular complexity index is 432. The molecule has 4 heteroatoms. The Hall–Kier alpha value is -1.55. The molecule has 0 bridgehead atoms. The monoisotopic (exact) mass is 248 g/mol. The van der Waals surface area contributed by atoms with Crippen LogP contribution in [0.2, 0.25) is 0 Å². The molecule has 1 aromatic rings. The predicted molar refractivity (Wildman–Crippen MR) is 70.7 cm³/mol. The number of rotatable bonds is 4. The zero-order chi connectivity index (χ0) is 13.0. The summed E-state index contributed by atoms with van der Waals surface area (Å²) in [6.07, 6.45) is 3.31. The van der Waals surface area contributed by atoms with Gasteiger partial charge in [0, 0.05) is 13.1 Å². The average molecular weight is 248 g/mol. The Morgan fingerprint density at radius 3 is 3.06 bits per heavy atom. The summed E-state index contributed by atoms with van der Waals surface area (Å²) in [4.78, 5) is 11.3. The van der Waals surface area contributed by atoms with Gasteiger partial charge in [0.25, 0.3) is 0 Å². The van der Waals surface area contributed by atoms with E-state index in [1.165, 1.54) is 11.1 Å². The van der Waals surface area contributed by atoms with Gasteiger partial charge in [0.2, 0.25) is 5.91 Å². The van der Waals surface area contributed by atoms with Crippen LogP contribution < -0.4 is 15.4 Å². The molecule has 1 aliphatic rings. The molecule has 1 atom stereocenters. The summed E-state index contributed by atoms with van der Waals surface area (Å²) in [5.41, 5.74) is 2.63. The molecule has 0 saturated heterocycles. The number of carbonyl (C=O) groups excluding carboxylic acids is 1.